The highest BCUT2D eigenvalue weighted by Gasteiger charge is 2.26. The monoisotopic (exact) mass is 296 g/mol. The van der Waals surface area contributed by atoms with Gasteiger partial charge in [-0.1, -0.05) is 19.9 Å². The molecule has 5 nitrogen and oxygen atoms in total. The first-order chi connectivity index (χ1) is 10.0. The number of nitrogens with two attached hydrogens (primary N) is 2. The van der Waals surface area contributed by atoms with E-state index in [9.17, 15) is 0 Å². The third kappa shape index (κ3) is 3.60. The van der Waals surface area contributed by atoms with Crippen LogP contribution in [-0.4, -0.2) is 34.4 Å². The zero-order chi connectivity index (χ0) is 16.0. The van der Waals surface area contributed by atoms with Crippen LogP contribution in [0.25, 0.3) is 0 Å². The van der Waals surface area contributed by atoms with Crippen molar-refractivity contribution in [2.45, 2.75) is 19.8 Å². The quantitative estimate of drug-likeness (QED) is 0.767. The van der Waals surface area contributed by atoms with Crippen molar-refractivity contribution < 1.29 is 14.2 Å². The van der Waals surface area contributed by atoms with Gasteiger partial charge in [-0.05, 0) is 36.9 Å². The van der Waals surface area contributed by atoms with Gasteiger partial charge in [-0.25, -0.2) is 0 Å². The first-order valence-corrected chi connectivity index (χ1v) is 7.24. The number of benzene rings is 1. The highest BCUT2D eigenvalue weighted by Crippen LogP contribution is 2.44. The van der Waals surface area contributed by atoms with Crippen LogP contribution >= 0.6 is 0 Å². The molecule has 2 atom stereocenters. The van der Waals surface area contributed by atoms with Gasteiger partial charge in [0.05, 0.1) is 21.3 Å². The molecule has 4 N–H and O–H groups in total. The van der Waals surface area contributed by atoms with Gasteiger partial charge < -0.3 is 25.7 Å². The number of rotatable bonds is 8. The summed E-state index contributed by atoms with van der Waals surface area (Å²) in [6.45, 7) is 5.49. The normalized spacial score (nSPS) is 13.9. The first-order valence-electron chi connectivity index (χ1n) is 7.24. The molecule has 1 rings (SSSR count). The molecule has 0 saturated carbocycles. The lowest BCUT2D eigenvalue weighted by Crippen LogP contribution is -2.31. The van der Waals surface area contributed by atoms with E-state index < -0.39 is 0 Å². The summed E-state index contributed by atoms with van der Waals surface area (Å²) in [5.41, 5.74) is 12.7. The highest BCUT2D eigenvalue weighted by atomic mass is 16.5. The summed E-state index contributed by atoms with van der Waals surface area (Å²) in [6.07, 6.45) is 0. The zero-order valence-electron chi connectivity index (χ0n) is 13.7. The van der Waals surface area contributed by atoms with E-state index in [1.807, 2.05) is 12.1 Å². The molecule has 0 amide bonds. The second-order valence-corrected chi connectivity index (χ2v) is 5.30. The van der Waals surface area contributed by atoms with Gasteiger partial charge in [0.2, 0.25) is 5.75 Å². The van der Waals surface area contributed by atoms with Crippen LogP contribution in [0.15, 0.2) is 12.1 Å². The van der Waals surface area contributed by atoms with E-state index in [1.165, 1.54) is 0 Å². The minimum atomic E-state index is 0.247. The second kappa shape index (κ2) is 8.10. The Morgan fingerprint density at radius 3 is 1.90 bits per heavy atom. The average molecular weight is 296 g/mol. The summed E-state index contributed by atoms with van der Waals surface area (Å²) in [5, 5.41) is 0. The minimum Gasteiger partial charge on any atom is -0.493 e. The van der Waals surface area contributed by atoms with Gasteiger partial charge in [-0.15, -0.1) is 0 Å². The summed E-state index contributed by atoms with van der Waals surface area (Å²) >= 11 is 0. The molecular formula is C16H28N2O3. The molecule has 2 unspecified atom stereocenters. The molecule has 0 aromatic heterocycles. The third-order valence-corrected chi connectivity index (χ3v) is 4.36. The lowest BCUT2D eigenvalue weighted by molar-refractivity contribution is 0.302. The van der Waals surface area contributed by atoms with E-state index >= 15 is 0 Å². The minimum absolute atomic E-state index is 0.247. The predicted molar refractivity (Wildman–Crippen MR) is 85.3 cm³/mol. The summed E-state index contributed by atoms with van der Waals surface area (Å²) in [4.78, 5) is 0. The number of hydrogen-bond donors (Lipinski definition) is 2. The fraction of sp³-hybridized carbons (Fsp3) is 0.625. The molecule has 1 aromatic rings. The zero-order valence-corrected chi connectivity index (χ0v) is 13.7. The first kappa shape index (κ1) is 17.6. The van der Waals surface area contributed by atoms with E-state index in [-0.39, 0.29) is 11.8 Å². The largest absolute Gasteiger partial charge is 0.493 e. The summed E-state index contributed by atoms with van der Waals surface area (Å²) in [6, 6.07) is 3.92. The van der Waals surface area contributed by atoms with Crippen molar-refractivity contribution in [3.8, 4) is 17.2 Å². The van der Waals surface area contributed by atoms with E-state index in [4.69, 9.17) is 25.7 Å². The third-order valence-electron chi connectivity index (χ3n) is 4.36. The Hall–Kier alpha value is -1.46. The molecule has 0 aliphatic rings. The maximum atomic E-state index is 5.82. The van der Waals surface area contributed by atoms with Crippen molar-refractivity contribution in [3.63, 3.8) is 0 Å². The van der Waals surface area contributed by atoms with Crippen molar-refractivity contribution >= 4 is 0 Å². The van der Waals surface area contributed by atoms with Gasteiger partial charge in [0.15, 0.2) is 11.5 Å². The van der Waals surface area contributed by atoms with Crippen LogP contribution < -0.4 is 25.7 Å². The Bertz CT molecular complexity index is 447. The Balaban J connectivity index is 3.23. The second-order valence-electron chi connectivity index (χ2n) is 5.30. The lowest BCUT2D eigenvalue weighted by atomic mass is 9.79. The van der Waals surface area contributed by atoms with Gasteiger partial charge in [0.1, 0.15) is 0 Å². The molecule has 0 radical (unpaired) electrons. The summed E-state index contributed by atoms with van der Waals surface area (Å²) in [5.74, 6) is 2.85. The van der Waals surface area contributed by atoms with E-state index in [0.717, 1.165) is 5.56 Å². The fourth-order valence-corrected chi connectivity index (χ4v) is 2.70. The predicted octanol–water partition coefficient (Wildman–Crippen LogP) is 1.99. The van der Waals surface area contributed by atoms with Gasteiger partial charge >= 0.3 is 0 Å². The van der Waals surface area contributed by atoms with Gasteiger partial charge in [0, 0.05) is 5.56 Å². The molecule has 0 spiro atoms. The van der Waals surface area contributed by atoms with Crippen molar-refractivity contribution in [2.75, 3.05) is 34.4 Å². The van der Waals surface area contributed by atoms with Gasteiger partial charge in [-0.2, -0.15) is 0 Å². The molecule has 120 valence electrons. The number of ether oxygens (including phenoxy) is 3. The molecule has 0 saturated heterocycles. The smallest absolute Gasteiger partial charge is 0.203 e. The maximum Gasteiger partial charge on any atom is 0.203 e. The molecule has 0 aliphatic carbocycles. The Kier molecular flexibility index (Phi) is 6.78. The van der Waals surface area contributed by atoms with E-state index in [1.54, 1.807) is 21.3 Å². The summed E-state index contributed by atoms with van der Waals surface area (Å²) < 4.78 is 16.3. The Labute approximate surface area is 127 Å². The van der Waals surface area contributed by atoms with Crippen LogP contribution in [-0.2, 0) is 0 Å². The maximum absolute atomic E-state index is 5.82. The average Bonchev–Trinajstić information content (AvgIpc) is 2.53. The van der Waals surface area contributed by atoms with Crippen molar-refractivity contribution in [3.05, 3.63) is 17.7 Å². The van der Waals surface area contributed by atoms with Crippen molar-refractivity contribution in [1.82, 2.24) is 0 Å². The molecule has 21 heavy (non-hydrogen) atoms. The van der Waals surface area contributed by atoms with Gasteiger partial charge in [0.25, 0.3) is 0 Å². The molecular weight excluding hydrogens is 268 g/mol. The molecule has 0 aliphatic heterocycles. The van der Waals surface area contributed by atoms with Crippen LogP contribution in [0.3, 0.4) is 0 Å². The van der Waals surface area contributed by atoms with Crippen LogP contribution in [0.1, 0.15) is 25.3 Å². The van der Waals surface area contributed by atoms with E-state index in [2.05, 4.69) is 13.8 Å². The van der Waals surface area contributed by atoms with Crippen LogP contribution in [0, 0.1) is 11.8 Å². The standard InChI is InChI=1S/C16H28N2O3/c1-10(12(8-17)9-18)11(2)13-6-7-14(19-3)16(21-5)15(13)20-4/h6-7,10-12H,8-9,17-18H2,1-5H3. The highest BCUT2D eigenvalue weighted by molar-refractivity contribution is 5.56. The van der Waals surface area contributed by atoms with Crippen LogP contribution in [0.5, 0.6) is 17.2 Å². The van der Waals surface area contributed by atoms with Crippen LogP contribution in [0.4, 0.5) is 0 Å². The molecule has 5 heteroatoms. The van der Waals surface area contributed by atoms with E-state index in [0.29, 0.717) is 36.3 Å². The SMILES string of the molecule is COc1ccc(C(C)C(C)C(CN)CN)c(OC)c1OC. The topological polar surface area (TPSA) is 79.7 Å². The molecule has 1 aromatic carbocycles. The number of hydrogen-bond acceptors (Lipinski definition) is 5. The van der Waals surface area contributed by atoms with Crippen molar-refractivity contribution in [2.24, 2.45) is 23.3 Å². The van der Waals surface area contributed by atoms with Gasteiger partial charge in [-0.3, -0.25) is 0 Å². The number of methoxy groups -OCH3 is 3. The molecule has 0 heterocycles. The van der Waals surface area contributed by atoms with Crippen molar-refractivity contribution in [1.29, 1.82) is 0 Å². The fourth-order valence-electron chi connectivity index (χ4n) is 2.70. The van der Waals surface area contributed by atoms with Crippen LogP contribution in [0.2, 0.25) is 0 Å². The molecule has 0 fully saturated rings. The Morgan fingerprint density at radius 1 is 0.905 bits per heavy atom. The molecule has 0 bridgehead atoms. The summed E-state index contributed by atoms with van der Waals surface area (Å²) in [7, 11) is 4.87. The lowest BCUT2D eigenvalue weighted by Gasteiger charge is -2.29. The Morgan fingerprint density at radius 2 is 1.48 bits per heavy atom.